The molecule has 1 N–H and O–H groups in total. The van der Waals surface area contributed by atoms with Crippen LogP contribution >= 0.6 is 0 Å². The van der Waals surface area contributed by atoms with Gasteiger partial charge in [-0.1, -0.05) is 37.0 Å². The molecule has 1 heterocycles. The van der Waals surface area contributed by atoms with Gasteiger partial charge in [0.05, 0.1) is 17.9 Å². The van der Waals surface area contributed by atoms with E-state index in [1.54, 1.807) is 24.3 Å². The number of nitrogens with one attached hydrogen (secondary N) is 1. The summed E-state index contributed by atoms with van der Waals surface area (Å²) in [6, 6.07) is 6.79. The lowest BCUT2D eigenvalue weighted by atomic mass is 9.71. The highest BCUT2D eigenvalue weighted by atomic mass is 32.2. The lowest BCUT2D eigenvalue weighted by Gasteiger charge is -2.39. The van der Waals surface area contributed by atoms with Crippen molar-refractivity contribution in [1.82, 2.24) is 9.62 Å². The SMILES string of the molecule is COC(=O)C1CCN(C(=O)CC2(CNS(=O)(=O)c3ccc(C)cc3)CCCCC2)CC1. The van der Waals surface area contributed by atoms with Gasteiger partial charge in [0.2, 0.25) is 15.9 Å². The van der Waals surface area contributed by atoms with Crippen LogP contribution in [0.4, 0.5) is 0 Å². The number of hydrogen-bond donors (Lipinski definition) is 1. The van der Waals surface area contributed by atoms with Gasteiger partial charge < -0.3 is 9.64 Å². The molecule has 0 aromatic heterocycles. The molecule has 0 unspecified atom stereocenters. The van der Waals surface area contributed by atoms with E-state index >= 15 is 0 Å². The molecule has 0 bridgehead atoms. The molecule has 3 rings (SSSR count). The number of piperidine rings is 1. The molecule has 0 spiro atoms. The maximum Gasteiger partial charge on any atom is 0.308 e. The van der Waals surface area contributed by atoms with E-state index < -0.39 is 10.0 Å². The van der Waals surface area contributed by atoms with Gasteiger partial charge in [0.15, 0.2) is 0 Å². The van der Waals surface area contributed by atoms with E-state index in [0.717, 1.165) is 37.7 Å². The van der Waals surface area contributed by atoms with Gasteiger partial charge in [-0.05, 0) is 50.2 Å². The highest BCUT2D eigenvalue weighted by Crippen LogP contribution is 2.40. The summed E-state index contributed by atoms with van der Waals surface area (Å²) in [6.07, 6.45) is 6.38. The molecule has 1 amide bonds. The number of carbonyl (C=O) groups is 2. The minimum Gasteiger partial charge on any atom is -0.469 e. The quantitative estimate of drug-likeness (QED) is 0.645. The number of aryl methyl sites for hydroxylation is 1. The van der Waals surface area contributed by atoms with Gasteiger partial charge in [-0.3, -0.25) is 9.59 Å². The number of benzene rings is 1. The Hall–Kier alpha value is -1.93. The van der Waals surface area contributed by atoms with Gasteiger partial charge >= 0.3 is 5.97 Å². The number of nitrogens with zero attached hydrogens (tertiary/aromatic N) is 1. The molecule has 172 valence electrons. The Morgan fingerprint density at radius 1 is 1.10 bits per heavy atom. The van der Waals surface area contributed by atoms with Crippen molar-refractivity contribution >= 4 is 21.9 Å². The topological polar surface area (TPSA) is 92.8 Å². The molecule has 1 saturated heterocycles. The summed E-state index contributed by atoms with van der Waals surface area (Å²) >= 11 is 0. The lowest BCUT2D eigenvalue weighted by Crippen LogP contribution is -2.46. The first kappa shape index (κ1) is 23.7. The molecule has 2 aliphatic rings. The zero-order valence-corrected chi connectivity index (χ0v) is 19.4. The zero-order chi connectivity index (χ0) is 22.5. The van der Waals surface area contributed by atoms with Crippen molar-refractivity contribution in [2.45, 2.75) is 63.2 Å². The molecule has 1 aliphatic carbocycles. The van der Waals surface area contributed by atoms with E-state index in [1.807, 2.05) is 11.8 Å². The lowest BCUT2D eigenvalue weighted by molar-refractivity contribution is -0.149. The number of amides is 1. The highest BCUT2D eigenvalue weighted by molar-refractivity contribution is 7.89. The van der Waals surface area contributed by atoms with Crippen molar-refractivity contribution in [3.63, 3.8) is 0 Å². The Labute approximate surface area is 185 Å². The number of sulfonamides is 1. The standard InChI is InChI=1S/C23H34N2O5S/c1-18-6-8-20(9-7-18)31(28,29)24-17-23(12-4-3-5-13-23)16-21(26)25-14-10-19(11-15-25)22(27)30-2/h6-9,19,24H,3-5,10-17H2,1-2H3. The molecule has 1 aromatic carbocycles. The third-order valence-electron chi connectivity index (χ3n) is 6.79. The summed E-state index contributed by atoms with van der Waals surface area (Å²) in [6.45, 7) is 3.28. The normalized spacial score (nSPS) is 19.7. The fraction of sp³-hybridized carbons (Fsp3) is 0.652. The fourth-order valence-electron chi connectivity index (χ4n) is 4.73. The Kier molecular flexibility index (Phi) is 7.75. The second-order valence-electron chi connectivity index (χ2n) is 9.05. The van der Waals surface area contributed by atoms with Crippen molar-refractivity contribution in [1.29, 1.82) is 0 Å². The van der Waals surface area contributed by atoms with Crippen molar-refractivity contribution in [3.05, 3.63) is 29.8 Å². The van der Waals surface area contributed by atoms with Gasteiger partial charge in [-0.15, -0.1) is 0 Å². The van der Waals surface area contributed by atoms with Crippen LogP contribution in [-0.4, -0.2) is 51.9 Å². The van der Waals surface area contributed by atoms with Crippen LogP contribution in [0.3, 0.4) is 0 Å². The molecule has 2 fully saturated rings. The van der Waals surface area contributed by atoms with Crippen LogP contribution in [0.1, 0.15) is 56.9 Å². The molecule has 1 saturated carbocycles. The number of rotatable bonds is 7. The predicted octanol–water partition coefficient (Wildman–Crippen LogP) is 3.03. The van der Waals surface area contributed by atoms with Crippen LogP contribution in [0.15, 0.2) is 29.2 Å². The first-order chi connectivity index (χ1) is 14.7. The fourth-order valence-corrected chi connectivity index (χ4v) is 5.89. The number of carbonyl (C=O) groups excluding carboxylic acids is 2. The molecule has 8 heteroatoms. The van der Waals surface area contributed by atoms with Crippen molar-refractivity contribution in [2.24, 2.45) is 11.3 Å². The monoisotopic (exact) mass is 450 g/mol. The van der Waals surface area contributed by atoms with Crippen LogP contribution < -0.4 is 4.72 Å². The van der Waals surface area contributed by atoms with Gasteiger partial charge in [0, 0.05) is 26.1 Å². The van der Waals surface area contributed by atoms with Crippen molar-refractivity contribution < 1.29 is 22.7 Å². The van der Waals surface area contributed by atoms with E-state index in [4.69, 9.17) is 4.74 Å². The Bertz CT molecular complexity index is 868. The largest absolute Gasteiger partial charge is 0.469 e. The molecular formula is C23H34N2O5S. The van der Waals surface area contributed by atoms with Crippen molar-refractivity contribution in [3.8, 4) is 0 Å². The summed E-state index contributed by atoms with van der Waals surface area (Å²) in [5.41, 5.74) is 0.649. The maximum atomic E-state index is 13.1. The Morgan fingerprint density at radius 3 is 2.29 bits per heavy atom. The summed E-state index contributed by atoms with van der Waals surface area (Å²) in [7, 11) is -2.23. The first-order valence-corrected chi connectivity index (χ1v) is 12.6. The molecule has 1 aromatic rings. The molecule has 7 nitrogen and oxygen atoms in total. The zero-order valence-electron chi connectivity index (χ0n) is 18.6. The third-order valence-corrected chi connectivity index (χ3v) is 8.21. The Morgan fingerprint density at radius 2 is 1.71 bits per heavy atom. The number of methoxy groups -OCH3 is 1. The average Bonchev–Trinajstić information content (AvgIpc) is 2.78. The molecule has 0 radical (unpaired) electrons. The average molecular weight is 451 g/mol. The van der Waals surface area contributed by atoms with Gasteiger partial charge in [-0.25, -0.2) is 13.1 Å². The van der Waals surface area contributed by atoms with Gasteiger partial charge in [0.1, 0.15) is 0 Å². The van der Waals surface area contributed by atoms with Gasteiger partial charge in [-0.2, -0.15) is 0 Å². The van der Waals surface area contributed by atoms with Gasteiger partial charge in [0.25, 0.3) is 0 Å². The van der Waals surface area contributed by atoms with E-state index in [1.165, 1.54) is 7.11 Å². The second kappa shape index (κ2) is 10.1. The highest BCUT2D eigenvalue weighted by Gasteiger charge is 2.38. The minimum atomic E-state index is -3.62. The van der Waals surface area contributed by atoms with Crippen LogP contribution in [-0.2, 0) is 24.3 Å². The molecule has 31 heavy (non-hydrogen) atoms. The van der Waals surface area contributed by atoms with Crippen LogP contribution in [0.5, 0.6) is 0 Å². The predicted molar refractivity (Wildman–Crippen MR) is 118 cm³/mol. The summed E-state index contributed by atoms with van der Waals surface area (Å²) < 4.78 is 33.2. The maximum absolute atomic E-state index is 13.1. The number of likely N-dealkylation sites (tertiary alicyclic amines) is 1. The van der Waals surface area contributed by atoms with Crippen molar-refractivity contribution in [2.75, 3.05) is 26.7 Å². The van der Waals surface area contributed by atoms with E-state index in [2.05, 4.69) is 4.72 Å². The molecule has 1 aliphatic heterocycles. The number of hydrogen-bond acceptors (Lipinski definition) is 5. The van der Waals surface area contributed by atoms with E-state index in [-0.39, 0.29) is 34.6 Å². The first-order valence-electron chi connectivity index (χ1n) is 11.2. The summed E-state index contributed by atoms with van der Waals surface area (Å²) in [5.74, 6) is -0.292. The molecular weight excluding hydrogens is 416 g/mol. The number of esters is 1. The number of ether oxygens (including phenoxy) is 1. The van der Waals surface area contributed by atoms with E-state index in [0.29, 0.717) is 32.4 Å². The third kappa shape index (κ3) is 6.07. The van der Waals surface area contributed by atoms with E-state index in [9.17, 15) is 18.0 Å². The smallest absolute Gasteiger partial charge is 0.308 e. The van der Waals surface area contributed by atoms with Crippen LogP contribution in [0, 0.1) is 18.3 Å². The molecule has 0 atom stereocenters. The Balaban J connectivity index is 1.63. The van der Waals surface area contributed by atoms with Crippen LogP contribution in [0.2, 0.25) is 0 Å². The van der Waals surface area contributed by atoms with Crippen LogP contribution in [0.25, 0.3) is 0 Å². The summed E-state index contributed by atoms with van der Waals surface area (Å²) in [5, 5.41) is 0. The second-order valence-corrected chi connectivity index (χ2v) is 10.8. The minimum absolute atomic E-state index is 0.0553. The summed E-state index contributed by atoms with van der Waals surface area (Å²) in [4.78, 5) is 26.9.